The van der Waals surface area contributed by atoms with Crippen LogP contribution in [0.25, 0.3) is 0 Å². The second-order valence-corrected chi connectivity index (χ2v) is 9.24. The van der Waals surface area contributed by atoms with Crippen molar-refractivity contribution in [3.63, 3.8) is 0 Å². The third-order valence-electron chi connectivity index (χ3n) is 6.56. The SMILES string of the molecule is Cc1c(F)c(F)c(COC(C)C(O)(OCc2c(F)c(F)c(C)c(F)c2F)OCc2c(F)c(F)c(C)c(F)c2F)c(F)c1F. The Labute approximate surface area is 235 Å². The van der Waals surface area contributed by atoms with Crippen molar-refractivity contribution in [2.24, 2.45) is 0 Å². The Morgan fingerprint density at radius 1 is 0.465 bits per heavy atom. The van der Waals surface area contributed by atoms with Gasteiger partial charge in [0.25, 0.3) is 0 Å². The van der Waals surface area contributed by atoms with Gasteiger partial charge in [-0.15, -0.1) is 0 Å². The first-order valence-corrected chi connectivity index (χ1v) is 11.9. The van der Waals surface area contributed by atoms with E-state index in [-0.39, 0.29) is 0 Å². The number of hydrogen-bond acceptors (Lipinski definition) is 4. The standard InChI is InChI=1S/C27H20F12O4/c1-8-15(28)21(34)12(22(35)16(8)29)5-41-11(4)27(40,42-6-13-23(36)17(30)9(2)18(31)24(13)37)43-7-14-25(38)19(32)10(3)20(33)26(14)39/h11,40H,5-7H2,1-4H3. The lowest BCUT2D eigenvalue weighted by molar-refractivity contribution is -0.408. The third-order valence-corrected chi connectivity index (χ3v) is 6.56. The van der Waals surface area contributed by atoms with Crippen LogP contribution in [0.3, 0.4) is 0 Å². The molecule has 0 aliphatic rings. The van der Waals surface area contributed by atoms with Crippen LogP contribution in [0.1, 0.15) is 40.3 Å². The van der Waals surface area contributed by atoms with Gasteiger partial charge in [-0.2, -0.15) is 0 Å². The molecule has 3 aromatic carbocycles. The van der Waals surface area contributed by atoms with Crippen LogP contribution in [0.15, 0.2) is 0 Å². The fourth-order valence-electron chi connectivity index (χ4n) is 3.68. The summed E-state index contributed by atoms with van der Waals surface area (Å²) in [6, 6.07) is 0. The van der Waals surface area contributed by atoms with E-state index in [1.54, 1.807) is 0 Å². The normalized spacial score (nSPS) is 12.8. The minimum atomic E-state index is -3.55. The maximum atomic E-state index is 14.4. The fraction of sp³-hybridized carbons (Fsp3) is 0.333. The monoisotopic (exact) mass is 636 g/mol. The van der Waals surface area contributed by atoms with Crippen molar-refractivity contribution in [3.05, 3.63) is 103 Å². The zero-order chi connectivity index (χ0) is 32.7. The summed E-state index contributed by atoms with van der Waals surface area (Å²) < 4.78 is 185. The first-order chi connectivity index (χ1) is 19.9. The molecule has 0 aliphatic carbocycles. The molecule has 16 heteroatoms. The van der Waals surface area contributed by atoms with Crippen LogP contribution in [0.5, 0.6) is 0 Å². The van der Waals surface area contributed by atoms with Gasteiger partial charge in [-0.1, -0.05) is 0 Å². The van der Waals surface area contributed by atoms with Gasteiger partial charge in [0.1, 0.15) is 6.10 Å². The summed E-state index contributed by atoms with van der Waals surface area (Å²) in [5.41, 5.74) is -7.51. The minimum Gasteiger partial charge on any atom is -0.365 e. The molecule has 0 spiro atoms. The van der Waals surface area contributed by atoms with Gasteiger partial charge in [-0.3, -0.25) is 0 Å². The van der Waals surface area contributed by atoms with Gasteiger partial charge >= 0.3 is 5.97 Å². The van der Waals surface area contributed by atoms with E-state index in [1.165, 1.54) is 0 Å². The van der Waals surface area contributed by atoms with Crippen LogP contribution in [0, 0.1) is 90.6 Å². The molecule has 0 aromatic heterocycles. The van der Waals surface area contributed by atoms with E-state index < -0.39 is 135 Å². The topological polar surface area (TPSA) is 47.9 Å². The molecule has 236 valence electrons. The number of aliphatic hydroxyl groups is 1. The molecule has 3 aromatic rings. The van der Waals surface area contributed by atoms with E-state index in [9.17, 15) is 57.8 Å². The van der Waals surface area contributed by atoms with Crippen molar-refractivity contribution < 1.29 is 72.0 Å². The Balaban J connectivity index is 2.00. The molecule has 0 radical (unpaired) electrons. The zero-order valence-electron chi connectivity index (χ0n) is 22.4. The van der Waals surface area contributed by atoms with Crippen LogP contribution >= 0.6 is 0 Å². The van der Waals surface area contributed by atoms with Crippen molar-refractivity contribution in [1.82, 2.24) is 0 Å². The van der Waals surface area contributed by atoms with Gasteiger partial charge in [0.05, 0.1) is 36.5 Å². The summed E-state index contributed by atoms with van der Waals surface area (Å²) >= 11 is 0. The van der Waals surface area contributed by atoms with E-state index in [0.717, 1.165) is 6.92 Å². The van der Waals surface area contributed by atoms with Crippen molar-refractivity contribution in [2.75, 3.05) is 0 Å². The summed E-state index contributed by atoms with van der Waals surface area (Å²) in [6.07, 6.45) is -2.20. The predicted octanol–water partition coefficient (Wildman–Crippen LogP) is 7.27. The molecule has 1 unspecified atom stereocenters. The quantitative estimate of drug-likeness (QED) is 0.145. The van der Waals surface area contributed by atoms with E-state index in [2.05, 4.69) is 0 Å². The largest absolute Gasteiger partial charge is 0.365 e. The van der Waals surface area contributed by atoms with Gasteiger partial charge in [0, 0.05) is 16.7 Å². The van der Waals surface area contributed by atoms with Crippen LogP contribution in [0.2, 0.25) is 0 Å². The predicted molar refractivity (Wildman–Crippen MR) is 122 cm³/mol. The van der Waals surface area contributed by atoms with E-state index >= 15 is 0 Å². The van der Waals surface area contributed by atoms with Crippen molar-refractivity contribution in [1.29, 1.82) is 0 Å². The lowest BCUT2D eigenvalue weighted by Gasteiger charge is -2.33. The number of halogens is 12. The molecule has 0 amide bonds. The van der Waals surface area contributed by atoms with Gasteiger partial charge < -0.3 is 19.3 Å². The van der Waals surface area contributed by atoms with Crippen molar-refractivity contribution in [3.8, 4) is 0 Å². The Hall–Kier alpha value is -3.34. The maximum Gasteiger partial charge on any atom is 0.308 e. The van der Waals surface area contributed by atoms with E-state index in [1.807, 2.05) is 0 Å². The summed E-state index contributed by atoms with van der Waals surface area (Å²) in [5, 5.41) is 11.0. The first-order valence-electron chi connectivity index (χ1n) is 11.9. The smallest absolute Gasteiger partial charge is 0.308 e. The summed E-state index contributed by atoms with van der Waals surface area (Å²) in [5.74, 6) is -26.5. The van der Waals surface area contributed by atoms with Gasteiger partial charge in [0.15, 0.2) is 69.8 Å². The Kier molecular flexibility index (Phi) is 10.1. The molecule has 3 rings (SSSR count). The summed E-state index contributed by atoms with van der Waals surface area (Å²) in [4.78, 5) is 0. The molecule has 0 bridgehead atoms. The van der Waals surface area contributed by atoms with Gasteiger partial charge in [0.2, 0.25) is 0 Å². The van der Waals surface area contributed by atoms with Crippen LogP contribution in [-0.4, -0.2) is 17.2 Å². The number of ether oxygens (including phenoxy) is 3. The van der Waals surface area contributed by atoms with Gasteiger partial charge in [-0.25, -0.2) is 52.7 Å². The average molecular weight is 636 g/mol. The molecular weight excluding hydrogens is 616 g/mol. The van der Waals surface area contributed by atoms with Crippen molar-refractivity contribution in [2.45, 2.75) is 59.6 Å². The van der Waals surface area contributed by atoms with Crippen LogP contribution in [0.4, 0.5) is 52.7 Å². The van der Waals surface area contributed by atoms with E-state index in [4.69, 9.17) is 14.2 Å². The highest BCUT2D eigenvalue weighted by molar-refractivity contribution is 5.30. The minimum absolute atomic E-state index is 0.689. The molecule has 1 N–H and O–H groups in total. The molecular formula is C27H20F12O4. The van der Waals surface area contributed by atoms with Crippen LogP contribution in [-0.2, 0) is 34.0 Å². The molecule has 0 saturated carbocycles. The molecule has 4 nitrogen and oxygen atoms in total. The third kappa shape index (κ3) is 6.18. The summed E-state index contributed by atoms with van der Waals surface area (Å²) in [6.45, 7) is -1.81. The Morgan fingerprint density at radius 2 is 0.698 bits per heavy atom. The molecule has 1 atom stereocenters. The van der Waals surface area contributed by atoms with Gasteiger partial charge in [-0.05, 0) is 27.7 Å². The highest BCUT2D eigenvalue weighted by Crippen LogP contribution is 2.31. The highest BCUT2D eigenvalue weighted by Gasteiger charge is 2.41. The number of benzene rings is 3. The Bertz CT molecular complexity index is 1420. The second-order valence-electron chi connectivity index (χ2n) is 9.24. The molecule has 0 fully saturated rings. The molecule has 0 aliphatic heterocycles. The first kappa shape index (κ1) is 34.2. The lowest BCUT2D eigenvalue weighted by atomic mass is 10.1. The maximum absolute atomic E-state index is 14.4. The summed E-state index contributed by atoms with van der Waals surface area (Å²) in [7, 11) is 0. The van der Waals surface area contributed by atoms with Crippen LogP contribution < -0.4 is 0 Å². The average Bonchev–Trinajstić information content (AvgIpc) is 2.98. The number of hydrogen-bond donors (Lipinski definition) is 1. The molecule has 43 heavy (non-hydrogen) atoms. The van der Waals surface area contributed by atoms with Crippen molar-refractivity contribution >= 4 is 0 Å². The fourth-order valence-corrected chi connectivity index (χ4v) is 3.68. The zero-order valence-corrected chi connectivity index (χ0v) is 22.4. The second kappa shape index (κ2) is 12.7. The Morgan fingerprint density at radius 3 is 0.953 bits per heavy atom. The van der Waals surface area contributed by atoms with E-state index in [0.29, 0.717) is 20.8 Å². The lowest BCUT2D eigenvalue weighted by Crippen LogP contribution is -2.47. The number of rotatable bonds is 10. The highest BCUT2D eigenvalue weighted by atomic mass is 19.2. The molecule has 0 saturated heterocycles. The molecule has 0 heterocycles.